The number of nitrogens with zero attached hydrogens (tertiary/aromatic N) is 1. The molecule has 9 heteroatoms. The summed E-state index contributed by atoms with van der Waals surface area (Å²) in [7, 11) is 0. The van der Waals surface area contributed by atoms with Crippen molar-refractivity contribution in [1.82, 2.24) is 9.88 Å². The first kappa shape index (κ1) is 23.0. The van der Waals surface area contributed by atoms with Gasteiger partial charge in [-0.2, -0.15) is 13.2 Å². The molecule has 0 saturated carbocycles. The Bertz CT molecular complexity index is 1160. The molecule has 0 radical (unpaired) electrons. The van der Waals surface area contributed by atoms with Gasteiger partial charge in [0.1, 0.15) is 0 Å². The van der Waals surface area contributed by atoms with Gasteiger partial charge in [-0.15, -0.1) is 0 Å². The van der Waals surface area contributed by atoms with Crippen LogP contribution in [-0.2, 0) is 24.2 Å². The first-order valence-corrected chi connectivity index (χ1v) is 10.8. The van der Waals surface area contributed by atoms with Crippen LogP contribution in [0.5, 0.6) is 0 Å². The van der Waals surface area contributed by atoms with Gasteiger partial charge < -0.3 is 25.8 Å². The monoisotopic (exact) mass is 461 g/mol. The van der Waals surface area contributed by atoms with Crippen LogP contribution in [0.1, 0.15) is 30.5 Å². The maximum absolute atomic E-state index is 14.1. The zero-order valence-corrected chi connectivity index (χ0v) is 17.9. The van der Waals surface area contributed by atoms with Gasteiger partial charge in [-0.1, -0.05) is 36.4 Å². The minimum atomic E-state index is -4.98. The maximum atomic E-state index is 14.1. The largest absolute Gasteiger partial charge is 0.481 e. The van der Waals surface area contributed by atoms with Gasteiger partial charge in [-0.05, 0) is 42.9 Å². The minimum Gasteiger partial charge on any atom is -0.481 e. The third-order valence-electron chi connectivity index (χ3n) is 6.39. The molecule has 0 saturated heterocycles. The number of carboxylic acids is 1. The summed E-state index contributed by atoms with van der Waals surface area (Å²) >= 11 is 0. The second kappa shape index (κ2) is 8.62. The fourth-order valence-electron chi connectivity index (χ4n) is 4.86. The van der Waals surface area contributed by atoms with Gasteiger partial charge in [0.15, 0.2) is 0 Å². The Balaban J connectivity index is 1.67. The molecular formula is C24H26F3N3O3. The van der Waals surface area contributed by atoms with E-state index < -0.39 is 29.5 Å². The summed E-state index contributed by atoms with van der Waals surface area (Å²) in [6.45, 7) is 0.315. The van der Waals surface area contributed by atoms with Crippen molar-refractivity contribution >= 4 is 16.9 Å². The number of carbonyl (C=O) groups is 1. The Morgan fingerprint density at radius 1 is 1.27 bits per heavy atom. The summed E-state index contributed by atoms with van der Waals surface area (Å²) in [5, 5.41) is 23.9. The van der Waals surface area contributed by atoms with Crippen LogP contribution in [0.25, 0.3) is 10.9 Å². The number of nitrogens with two attached hydrogens (primary N) is 1. The molecule has 1 aromatic heterocycles. The van der Waals surface area contributed by atoms with Crippen molar-refractivity contribution in [1.29, 1.82) is 0 Å². The molecule has 2 aliphatic rings. The zero-order valence-electron chi connectivity index (χ0n) is 17.9. The smallest absolute Gasteiger partial charge is 0.427 e. The van der Waals surface area contributed by atoms with E-state index in [0.29, 0.717) is 32.2 Å². The van der Waals surface area contributed by atoms with Crippen LogP contribution in [0.15, 0.2) is 60.0 Å². The van der Waals surface area contributed by atoms with E-state index in [1.165, 1.54) is 12.2 Å². The standard InChI is InChI=1S/C24H26F3N3O3/c25-24(26,27)23(33,15-6-2-1-3-7-15)21(13-28)29-16-10-11-20-18(12-22(31)32)17-8-4-5-9-19(17)30(20)14-16/h2,4-9,13,16,29,33H,1,3,10-12,14,28H2,(H,31,32)/b21-13-. The molecule has 5 N–H and O–H groups in total. The summed E-state index contributed by atoms with van der Waals surface area (Å²) in [6.07, 6.45) is 1.92. The highest BCUT2D eigenvalue weighted by molar-refractivity contribution is 5.89. The normalized spacial score (nSPS) is 20.8. The van der Waals surface area contributed by atoms with Gasteiger partial charge in [-0.3, -0.25) is 4.79 Å². The van der Waals surface area contributed by atoms with Crippen LogP contribution in [0, 0.1) is 0 Å². The van der Waals surface area contributed by atoms with Crippen LogP contribution < -0.4 is 11.1 Å². The molecule has 2 heterocycles. The predicted molar refractivity (Wildman–Crippen MR) is 118 cm³/mol. The number of benzene rings is 1. The molecule has 0 fully saturated rings. The molecule has 0 amide bonds. The number of allylic oxidation sites excluding steroid dienone is 2. The lowest BCUT2D eigenvalue weighted by molar-refractivity contribution is -0.230. The number of aliphatic hydroxyl groups is 1. The Hall–Kier alpha value is -3.20. The van der Waals surface area contributed by atoms with Crippen LogP contribution in [0.3, 0.4) is 0 Å². The summed E-state index contributed by atoms with van der Waals surface area (Å²) < 4.78 is 44.3. The van der Waals surface area contributed by atoms with E-state index >= 15 is 0 Å². The Morgan fingerprint density at radius 2 is 2.03 bits per heavy atom. The van der Waals surface area contributed by atoms with Gasteiger partial charge in [0, 0.05) is 35.4 Å². The molecule has 2 unspecified atom stereocenters. The second-order valence-corrected chi connectivity index (χ2v) is 8.43. The van der Waals surface area contributed by atoms with E-state index in [9.17, 15) is 28.2 Å². The topological polar surface area (TPSA) is 101 Å². The van der Waals surface area contributed by atoms with Gasteiger partial charge in [0.05, 0.1) is 12.1 Å². The quantitative estimate of drug-likeness (QED) is 0.527. The number of hydrogen-bond donors (Lipinski definition) is 4. The van der Waals surface area contributed by atoms with Crippen LogP contribution in [-0.4, -0.2) is 38.6 Å². The number of fused-ring (bicyclic) bond motifs is 3. The van der Waals surface area contributed by atoms with Crippen molar-refractivity contribution in [2.75, 3.05) is 0 Å². The molecule has 1 aromatic carbocycles. The van der Waals surface area contributed by atoms with Crippen molar-refractivity contribution in [2.45, 2.75) is 56.5 Å². The molecule has 2 aromatic rings. The van der Waals surface area contributed by atoms with E-state index in [4.69, 9.17) is 5.73 Å². The molecule has 1 aliphatic carbocycles. The Morgan fingerprint density at radius 3 is 2.67 bits per heavy atom. The van der Waals surface area contributed by atoms with E-state index in [0.717, 1.165) is 28.4 Å². The zero-order chi connectivity index (χ0) is 23.8. The average molecular weight is 461 g/mol. The number of hydrogen-bond acceptors (Lipinski definition) is 4. The Kier molecular flexibility index (Phi) is 6.00. The lowest BCUT2D eigenvalue weighted by Gasteiger charge is -2.38. The number of aromatic nitrogens is 1. The lowest BCUT2D eigenvalue weighted by atomic mass is 9.85. The van der Waals surface area contributed by atoms with E-state index in [1.54, 1.807) is 6.08 Å². The van der Waals surface area contributed by atoms with Crippen LogP contribution in [0.2, 0.25) is 0 Å². The summed E-state index contributed by atoms with van der Waals surface area (Å²) in [5.74, 6) is -0.938. The fraction of sp³-hybridized carbons (Fsp3) is 0.375. The molecule has 0 bridgehead atoms. The third kappa shape index (κ3) is 4.01. The minimum absolute atomic E-state index is 0.122. The number of halogens is 3. The summed E-state index contributed by atoms with van der Waals surface area (Å²) in [5.41, 5.74) is 4.05. The Labute approximate surface area is 188 Å². The number of para-hydroxylation sites is 1. The maximum Gasteiger partial charge on any atom is 0.427 e. The summed E-state index contributed by atoms with van der Waals surface area (Å²) in [4.78, 5) is 11.4. The molecule has 2 atom stereocenters. The van der Waals surface area contributed by atoms with Crippen LogP contribution >= 0.6 is 0 Å². The third-order valence-corrected chi connectivity index (χ3v) is 6.39. The number of aliphatic carboxylic acids is 1. The van der Waals surface area contributed by atoms with Gasteiger partial charge >= 0.3 is 12.1 Å². The second-order valence-electron chi connectivity index (χ2n) is 8.43. The van der Waals surface area contributed by atoms with E-state index in [-0.39, 0.29) is 12.0 Å². The number of rotatable bonds is 6. The van der Waals surface area contributed by atoms with Gasteiger partial charge in [0.25, 0.3) is 0 Å². The van der Waals surface area contributed by atoms with E-state index in [2.05, 4.69) is 5.32 Å². The van der Waals surface area contributed by atoms with E-state index in [1.807, 2.05) is 28.8 Å². The number of carboxylic acid groups (broad SMARTS) is 1. The van der Waals surface area contributed by atoms with Crippen molar-refractivity contribution < 1.29 is 28.2 Å². The summed E-state index contributed by atoms with van der Waals surface area (Å²) in [6, 6.07) is 6.96. The number of nitrogens with one attached hydrogen (secondary N) is 1. The highest BCUT2D eigenvalue weighted by Crippen LogP contribution is 2.43. The van der Waals surface area contributed by atoms with Crippen molar-refractivity contribution in [3.8, 4) is 0 Å². The first-order valence-electron chi connectivity index (χ1n) is 10.8. The molecule has 176 valence electrons. The van der Waals surface area contributed by atoms with Crippen molar-refractivity contribution in [2.24, 2.45) is 5.73 Å². The average Bonchev–Trinajstić information content (AvgIpc) is 3.09. The SMILES string of the molecule is N/C=C(\NC1CCc2c(CC(=O)O)c3ccccc3n2C1)C(O)(C1=CCCC=C1)C(F)(F)F. The predicted octanol–water partition coefficient (Wildman–Crippen LogP) is 3.54. The highest BCUT2D eigenvalue weighted by atomic mass is 19.4. The van der Waals surface area contributed by atoms with Gasteiger partial charge in [0.2, 0.25) is 5.60 Å². The molecule has 1 aliphatic heterocycles. The molecular weight excluding hydrogens is 435 g/mol. The fourth-order valence-corrected chi connectivity index (χ4v) is 4.86. The lowest BCUT2D eigenvalue weighted by Crippen LogP contribution is -2.54. The van der Waals surface area contributed by atoms with Crippen molar-refractivity contribution in [3.05, 3.63) is 71.2 Å². The molecule has 33 heavy (non-hydrogen) atoms. The molecule has 4 rings (SSSR count). The van der Waals surface area contributed by atoms with Gasteiger partial charge in [-0.25, -0.2) is 0 Å². The molecule has 0 spiro atoms. The molecule has 6 nitrogen and oxygen atoms in total. The highest BCUT2D eigenvalue weighted by Gasteiger charge is 2.58. The number of alkyl halides is 3. The van der Waals surface area contributed by atoms with Crippen LogP contribution in [0.4, 0.5) is 13.2 Å². The first-order chi connectivity index (χ1) is 15.7. The van der Waals surface area contributed by atoms with Crippen molar-refractivity contribution in [3.63, 3.8) is 0 Å².